The Hall–Kier alpha value is -0.993. The fourth-order valence-electron chi connectivity index (χ4n) is 3.15. The number of unbranched alkanes of at least 4 members (excludes halogenated alkanes) is 10. The normalized spacial score (nSPS) is 12.0. The maximum Gasteiger partial charge on any atom is 0.332 e. The Morgan fingerprint density at radius 2 is 0.967 bits per heavy atom. The van der Waals surface area contributed by atoms with Crippen LogP contribution in [-0.2, 0) is 15.5 Å². The second kappa shape index (κ2) is 14.1. The highest BCUT2D eigenvalue weighted by Gasteiger charge is 2.29. The molecule has 1 aromatic carbocycles. The fraction of sp³-hybridized carbons (Fsp3) is 0.727. The summed E-state index contributed by atoms with van der Waals surface area (Å²) in [7, 11) is -2.75. The first-order valence-corrected chi connectivity index (χ1v) is 13.8. The van der Waals surface area contributed by atoms with Crippen molar-refractivity contribution in [1.29, 1.82) is 0 Å². The molecule has 0 saturated heterocycles. The van der Waals surface area contributed by atoms with E-state index in [1.165, 1.54) is 51.4 Å². The van der Waals surface area contributed by atoms with Crippen LogP contribution < -0.4 is 0 Å². The molecule has 0 saturated carbocycles. The van der Waals surface area contributed by atoms with Gasteiger partial charge in [0.1, 0.15) is 0 Å². The van der Waals surface area contributed by atoms with Gasteiger partial charge >= 0.3 is 8.56 Å². The van der Waals surface area contributed by atoms with Gasteiger partial charge in [-0.2, -0.15) is 0 Å². The summed E-state index contributed by atoms with van der Waals surface area (Å²) in [5.74, 6) is -9.82. The van der Waals surface area contributed by atoms with Gasteiger partial charge in [-0.05, 0) is 19.5 Å². The zero-order valence-electron chi connectivity index (χ0n) is 18.4. The minimum Gasteiger partial charge on any atom is -0.395 e. The lowest BCUT2D eigenvalue weighted by molar-refractivity contribution is 0.163. The van der Waals surface area contributed by atoms with Gasteiger partial charge in [-0.1, -0.05) is 71.1 Å². The first-order chi connectivity index (χ1) is 14.2. The van der Waals surface area contributed by atoms with E-state index in [1.807, 2.05) is 0 Å². The highest BCUT2D eigenvalue weighted by molar-refractivity contribution is 6.64. The van der Waals surface area contributed by atoms with Crippen LogP contribution in [0.15, 0.2) is 0 Å². The highest BCUT2D eigenvalue weighted by Crippen LogP contribution is 2.25. The quantitative estimate of drug-likeness (QED) is 0.0830. The number of hydrogen-bond acceptors (Lipinski definition) is 2. The fourth-order valence-corrected chi connectivity index (χ4v) is 4.36. The van der Waals surface area contributed by atoms with Crippen molar-refractivity contribution in [3.8, 4) is 0 Å². The number of halogens is 5. The minimum atomic E-state index is -2.75. The third kappa shape index (κ3) is 9.43. The van der Waals surface area contributed by atoms with Crippen LogP contribution in [0.1, 0.15) is 83.1 Å². The Kier molecular flexibility index (Phi) is 12.7. The molecule has 0 aromatic heterocycles. The van der Waals surface area contributed by atoms with Crippen LogP contribution in [0.5, 0.6) is 0 Å². The smallest absolute Gasteiger partial charge is 0.332 e. The van der Waals surface area contributed by atoms with Crippen LogP contribution in [0, 0.1) is 29.1 Å². The van der Waals surface area contributed by atoms with Crippen molar-refractivity contribution < 1.29 is 30.8 Å². The average Bonchev–Trinajstić information content (AvgIpc) is 2.71. The summed E-state index contributed by atoms with van der Waals surface area (Å²) in [5.41, 5.74) is -0.967. The molecule has 0 N–H and O–H groups in total. The lowest BCUT2D eigenvalue weighted by Gasteiger charge is -2.23. The predicted octanol–water partition coefficient (Wildman–Crippen LogP) is 7.93. The van der Waals surface area contributed by atoms with E-state index in [9.17, 15) is 22.0 Å². The molecular formula is C22H35F5O2Si. The van der Waals surface area contributed by atoms with Gasteiger partial charge in [0.25, 0.3) is 0 Å². The molecule has 30 heavy (non-hydrogen) atoms. The Balaban J connectivity index is 2.22. The lowest BCUT2D eigenvalue weighted by Crippen LogP contribution is -2.35. The van der Waals surface area contributed by atoms with E-state index in [0.29, 0.717) is 6.61 Å². The van der Waals surface area contributed by atoms with Gasteiger partial charge in [0, 0.05) is 6.61 Å². The Morgan fingerprint density at radius 3 is 1.43 bits per heavy atom. The Morgan fingerprint density at radius 1 is 0.567 bits per heavy atom. The third-order valence-electron chi connectivity index (χ3n) is 5.06. The molecule has 0 aliphatic rings. The molecule has 0 radical (unpaired) electrons. The lowest BCUT2D eigenvalue weighted by atomic mass is 10.1. The average molecular weight is 455 g/mol. The summed E-state index contributed by atoms with van der Waals surface area (Å²) in [5, 5.41) is 0. The van der Waals surface area contributed by atoms with Gasteiger partial charge in [0.05, 0.1) is 12.2 Å². The molecule has 0 bridgehead atoms. The second-order valence-electron chi connectivity index (χ2n) is 8.12. The first kappa shape index (κ1) is 27.0. The van der Waals surface area contributed by atoms with E-state index in [1.54, 1.807) is 13.1 Å². The molecule has 0 spiro atoms. The monoisotopic (exact) mass is 454 g/mol. The molecule has 2 nitrogen and oxygen atoms in total. The van der Waals surface area contributed by atoms with Gasteiger partial charge in [-0.3, -0.25) is 0 Å². The van der Waals surface area contributed by atoms with Crippen LogP contribution in [0.2, 0.25) is 13.1 Å². The van der Waals surface area contributed by atoms with Crippen LogP contribution in [0.25, 0.3) is 0 Å². The van der Waals surface area contributed by atoms with Crippen LogP contribution in [0.3, 0.4) is 0 Å². The van der Waals surface area contributed by atoms with Crippen molar-refractivity contribution in [3.05, 3.63) is 34.6 Å². The van der Waals surface area contributed by atoms with Crippen LogP contribution in [-0.4, -0.2) is 15.2 Å². The van der Waals surface area contributed by atoms with Gasteiger partial charge in [0.2, 0.25) is 5.82 Å². The van der Waals surface area contributed by atoms with Crippen molar-refractivity contribution >= 4 is 8.56 Å². The predicted molar refractivity (Wildman–Crippen MR) is 111 cm³/mol. The van der Waals surface area contributed by atoms with Gasteiger partial charge in [0.15, 0.2) is 23.3 Å². The van der Waals surface area contributed by atoms with Gasteiger partial charge in [-0.25, -0.2) is 22.0 Å². The molecule has 174 valence electrons. The maximum atomic E-state index is 13.7. The Bertz CT molecular complexity index is 611. The van der Waals surface area contributed by atoms with Crippen LogP contribution in [0.4, 0.5) is 22.0 Å². The molecule has 0 aliphatic heterocycles. The molecule has 0 fully saturated rings. The molecule has 1 rings (SSSR count). The van der Waals surface area contributed by atoms with E-state index >= 15 is 0 Å². The maximum absolute atomic E-state index is 13.7. The van der Waals surface area contributed by atoms with Crippen molar-refractivity contribution in [1.82, 2.24) is 0 Å². The molecule has 0 heterocycles. The summed E-state index contributed by atoms with van der Waals surface area (Å²) in [6.07, 6.45) is 13.3. The molecule has 8 heteroatoms. The highest BCUT2D eigenvalue weighted by atomic mass is 28.4. The number of benzene rings is 1. The SMILES string of the molecule is CCCCCCCCCCCCCO[Si](C)(C)OCc1c(F)c(F)c(F)c(F)c1F. The van der Waals surface area contributed by atoms with Crippen molar-refractivity contribution in [2.75, 3.05) is 6.61 Å². The largest absolute Gasteiger partial charge is 0.395 e. The zero-order chi connectivity index (χ0) is 22.6. The third-order valence-corrected chi connectivity index (χ3v) is 6.80. The van der Waals surface area contributed by atoms with Crippen LogP contribution >= 0.6 is 0 Å². The topological polar surface area (TPSA) is 18.5 Å². The summed E-state index contributed by atoms with van der Waals surface area (Å²) in [6.45, 7) is 5.30. The zero-order valence-corrected chi connectivity index (χ0v) is 19.4. The van der Waals surface area contributed by atoms with E-state index in [2.05, 4.69) is 6.92 Å². The van der Waals surface area contributed by atoms with Crippen molar-refractivity contribution in [2.24, 2.45) is 0 Å². The van der Waals surface area contributed by atoms with E-state index < -0.39 is 49.8 Å². The first-order valence-electron chi connectivity index (χ1n) is 11.0. The Labute approximate surface area is 178 Å². The summed E-state index contributed by atoms with van der Waals surface area (Å²) >= 11 is 0. The van der Waals surface area contributed by atoms with Crippen molar-refractivity contribution in [2.45, 2.75) is 97.3 Å². The molecular weight excluding hydrogens is 419 g/mol. The van der Waals surface area contributed by atoms with Gasteiger partial charge < -0.3 is 8.85 Å². The summed E-state index contributed by atoms with van der Waals surface area (Å²) in [4.78, 5) is 0. The number of hydrogen-bond donors (Lipinski definition) is 0. The number of rotatable bonds is 16. The molecule has 0 amide bonds. The van der Waals surface area contributed by atoms with E-state index in [-0.39, 0.29) is 0 Å². The molecule has 0 atom stereocenters. The van der Waals surface area contributed by atoms with Gasteiger partial charge in [-0.15, -0.1) is 0 Å². The second-order valence-corrected chi connectivity index (χ2v) is 11.5. The van der Waals surface area contributed by atoms with E-state index in [4.69, 9.17) is 8.85 Å². The summed E-state index contributed by atoms with van der Waals surface area (Å²) < 4.78 is 78.1. The van der Waals surface area contributed by atoms with E-state index in [0.717, 1.165) is 19.3 Å². The molecule has 1 aromatic rings. The summed E-state index contributed by atoms with van der Waals surface area (Å²) in [6, 6.07) is 0. The molecule has 0 unspecified atom stereocenters. The minimum absolute atomic E-state index is 0.452. The standard InChI is InChI=1S/C22H35F5O2Si/c1-4-5-6-7-8-9-10-11-12-13-14-15-28-30(2,3)29-16-17-18(23)20(25)22(27)21(26)19(17)24/h4-16H2,1-3H3. The van der Waals surface area contributed by atoms with Crippen molar-refractivity contribution in [3.63, 3.8) is 0 Å². The molecule has 0 aliphatic carbocycles.